The Bertz CT molecular complexity index is 1100. The summed E-state index contributed by atoms with van der Waals surface area (Å²) in [5.41, 5.74) is 1.90. The van der Waals surface area contributed by atoms with E-state index in [1.165, 1.54) is 24.3 Å². The largest absolute Gasteiger partial charge is 0.242 e. The molecule has 4 aromatic rings. The summed E-state index contributed by atoms with van der Waals surface area (Å²) >= 11 is 0. The monoisotopic (exact) mass is 362 g/mol. The van der Waals surface area contributed by atoms with Crippen LogP contribution >= 0.6 is 0 Å². The molecule has 0 fully saturated rings. The van der Waals surface area contributed by atoms with Crippen LogP contribution in [0, 0.1) is 11.6 Å². The molecule has 0 aromatic heterocycles. The molecule has 0 aliphatic heterocycles. The van der Waals surface area contributed by atoms with Crippen molar-refractivity contribution in [2.24, 2.45) is 0 Å². The maximum atomic E-state index is 14.8. The van der Waals surface area contributed by atoms with Crippen LogP contribution in [0.25, 0.3) is 21.9 Å². The summed E-state index contributed by atoms with van der Waals surface area (Å²) in [6.45, 7) is 0. The molecule has 0 saturated carbocycles. The lowest BCUT2D eigenvalue weighted by molar-refractivity contribution is 0.342. The quantitative estimate of drug-likeness (QED) is 0.365. The molecule has 4 aromatic carbocycles. The second-order valence-electron chi connectivity index (χ2n) is 6.60. The van der Waals surface area contributed by atoms with E-state index in [4.69, 9.17) is 0 Å². The van der Waals surface area contributed by atoms with E-state index in [9.17, 15) is 13.2 Å². The van der Waals surface area contributed by atoms with Crippen LogP contribution in [0.1, 0.15) is 17.3 Å². The maximum absolute atomic E-state index is 14.8. The number of fused-ring (bicyclic) bond motifs is 1. The molecule has 27 heavy (non-hydrogen) atoms. The van der Waals surface area contributed by atoms with Gasteiger partial charge in [-0.05, 0) is 51.7 Å². The number of benzene rings is 4. The van der Waals surface area contributed by atoms with E-state index in [2.05, 4.69) is 0 Å². The van der Waals surface area contributed by atoms with Gasteiger partial charge in [-0.1, -0.05) is 60.7 Å². The van der Waals surface area contributed by atoms with Gasteiger partial charge in [-0.15, -0.1) is 0 Å². The van der Waals surface area contributed by atoms with Gasteiger partial charge in [0.1, 0.15) is 17.8 Å². The molecule has 0 N–H and O–H groups in total. The van der Waals surface area contributed by atoms with Crippen LogP contribution in [0.15, 0.2) is 84.9 Å². The Morgan fingerprint density at radius 1 is 0.704 bits per heavy atom. The molecule has 1 unspecified atom stereocenters. The molecule has 1 atom stereocenters. The van der Waals surface area contributed by atoms with E-state index >= 15 is 0 Å². The first-order valence-electron chi connectivity index (χ1n) is 8.77. The number of rotatable bonds is 4. The molecule has 0 aliphatic carbocycles. The minimum Gasteiger partial charge on any atom is -0.242 e. The molecule has 0 saturated heterocycles. The van der Waals surface area contributed by atoms with Gasteiger partial charge in [0.25, 0.3) is 0 Å². The van der Waals surface area contributed by atoms with Crippen LogP contribution in [0.5, 0.6) is 0 Å². The third-order valence-electron chi connectivity index (χ3n) is 4.72. The van der Waals surface area contributed by atoms with Crippen LogP contribution in [0.4, 0.5) is 13.2 Å². The minimum absolute atomic E-state index is 0.0820. The average molecular weight is 362 g/mol. The molecule has 0 bridgehead atoms. The number of hydrogen-bond acceptors (Lipinski definition) is 0. The number of hydrogen-bond donors (Lipinski definition) is 0. The van der Waals surface area contributed by atoms with Crippen molar-refractivity contribution in [2.45, 2.75) is 12.6 Å². The summed E-state index contributed by atoms with van der Waals surface area (Å²) in [4.78, 5) is 0. The first-order valence-corrected chi connectivity index (χ1v) is 8.77. The van der Waals surface area contributed by atoms with E-state index in [1.54, 1.807) is 24.3 Å². The first-order chi connectivity index (χ1) is 13.1. The topological polar surface area (TPSA) is 0 Å². The molecule has 0 aliphatic rings. The molecule has 0 radical (unpaired) electrons. The summed E-state index contributed by atoms with van der Waals surface area (Å²) in [5.74, 6) is -0.903. The predicted octanol–water partition coefficient (Wildman–Crippen LogP) is 7.04. The normalized spacial score (nSPS) is 12.3. The zero-order chi connectivity index (χ0) is 18.8. The van der Waals surface area contributed by atoms with Crippen molar-refractivity contribution in [1.82, 2.24) is 0 Å². The van der Waals surface area contributed by atoms with Crippen molar-refractivity contribution >= 4 is 10.8 Å². The zero-order valence-corrected chi connectivity index (χ0v) is 14.5. The van der Waals surface area contributed by atoms with E-state index in [0.29, 0.717) is 22.3 Å². The van der Waals surface area contributed by atoms with Crippen LogP contribution < -0.4 is 0 Å². The standard InChI is InChI=1S/C24H17F3/c25-21-7-3-6-19(15-21)22-11-8-16(13-24(22)27)12-23(26)20-10-9-17-4-1-2-5-18(17)14-20/h1-11,13-15,23H,12H2. The summed E-state index contributed by atoms with van der Waals surface area (Å²) in [6.07, 6.45) is -1.15. The van der Waals surface area contributed by atoms with E-state index in [1.807, 2.05) is 36.4 Å². The Hall–Kier alpha value is -3.07. The molecular weight excluding hydrogens is 345 g/mol. The van der Waals surface area contributed by atoms with Gasteiger partial charge in [-0.2, -0.15) is 0 Å². The van der Waals surface area contributed by atoms with Gasteiger partial charge in [-0.3, -0.25) is 0 Å². The summed E-state index contributed by atoms with van der Waals surface area (Å²) in [7, 11) is 0. The zero-order valence-electron chi connectivity index (χ0n) is 14.5. The van der Waals surface area contributed by atoms with Gasteiger partial charge in [0.05, 0.1) is 0 Å². The third kappa shape index (κ3) is 3.72. The fraction of sp³-hybridized carbons (Fsp3) is 0.0833. The van der Waals surface area contributed by atoms with E-state index < -0.39 is 17.8 Å². The maximum Gasteiger partial charge on any atom is 0.131 e. The second kappa shape index (κ2) is 7.28. The fourth-order valence-corrected chi connectivity index (χ4v) is 3.30. The molecule has 134 valence electrons. The molecule has 0 amide bonds. The smallest absolute Gasteiger partial charge is 0.131 e. The Balaban J connectivity index is 1.57. The Morgan fingerprint density at radius 3 is 2.30 bits per heavy atom. The highest BCUT2D eigenvalue weighted by atomic mass is 19.1. The molecule has 0 heterocycles. The lowest BCUT2D eigenvalue weighted by Crippen LogP contribution is -1.98. The van der Waals surface area contributed by atoms with Crippen LogP contribution in [-0.2, 0) is 6.42 Å². The highest BCUT2D eigenvalue weighted by Crippen LogP contribution is 2.29. The van der Waals surface area contributed by atoms with Gasteiger partial charge in [-0.25, -0.2) is 13.2 Å². The summed E-state index contributed by atoms with van der Waals surface area (Å²) < 4.78 is 42.6. The van der Waals surface area contributed by atoms with Crippen molar-refractivity contribution in [1.29, 1.82) is 0 Å². The number of halogens is 3. The van der Waals surface area contributed by atoms with Gasteiger partial charge in [0.2, 0.25) is 0 Å². The van der Waals surface area contributed by atoms with Crippen molar-refractivity contribution < 1.29 is 13.2 Å². The molecule has 0 nitrogen and oxygen atoms in total. The van der Waals surface area contributed by atoms with Gasteiger partial charge in [0.15, 0.2) is 0 Å². The second-order valence-corrected chi connectivity index (χ2v) is 6.60. The van der Waals surface area contributed by atoms with Crippen LogP contribution in [-0.4, -0.2) is 0 Å². The predicted molar refractivity (Wildman–Crippen MR) is 103 cm³/mol. The summed E-state index contributed by atoms with van der Waals surface area (Å²) in [5, 5.41) is 2.03. The molecule has 3 heteroatoms. The van der Waals surface area contributed by atoms with Crippen molar-refractivity contribution in [3.05, 3.63) is 108 Å². The first kappa shape index (κ1) is 17.3. The fourth-order valence-electron chi connectivity index (χ4n) is 3.30. The van der Waals surface area contributed by atoms with E-state index in [-0.39, 0.29) is 6.42 Å². The SMILES string of the molecule is Fc1cccc(-c2ccc(CC(F)c3ccc4ccccc4c3)cc2F)c1. The molecule has 4 rings (SSSR count). The van der Waals surface area contributed by atoms with Crippen LogP contribution in [0.3, 0.4) is 0 Å². The Labute approximate surface area is 155 Å². The average Bonchev–Trinajstić information content (AvgIpc) is 2.67. The van der Waals surface area contributed by atoms with Gasteiger partial charge in [0, 0.05) is 12.0 Å². The van der Waals surface area contributed by atoms with Gasteiger partial charge < -0.3 is 0 Å². The Morgan fingerprint density at radius 2 is 1.52 bits per heavy atom. The minimum atomic E-state index is -1.23. The highest BCUT2D eigenvalue weighted by Gasteiger charge is 2.14. The molecule has 0 spiro atoms. The van der Waals surface area contributed by atoms with Crippen molar-refractivity contribution in [3.8, 4) is 11.1 Å². The van der Waals surface area contributed by atoms with Crippen molar-refractivity contribution in [3.63, 3.8) is 0 Å². The van der Waals surface area contributed by atoms with Crippen molar-refractivity contribution in [2.75, 3.05) is 0 Å². The highest BCUT2D eigenvalue weighted by molar-refractivity contribution is 5.83. The Kier molecular flexibility index (Phi) is 4.68. The van der Waals surface area contributed by atoms with Gasteiger partial charge >= 0.3 is 0 Å². The lowest BCUT2D eigenvalue weighted by Gasteiger charge is -2.11. The van der Waals surface area contributed by atoms with Crippen LogP contribution in [0.2, 0.25) is 0 Å². The third-order valence-corrected chi connectivity index (χ3v) is 4.72. The summed E-state index contributed by atoms with van der Waals surface area (Å²) in [6, 6.07) is 23.6. The lowest BCUT2D eigenvalue weighted by atomic mass is 9.97. The molecular formula is C24H17F3. The number of alkyl halides is 1. The van der Waals surface area contributed by atoms with E-state index in [0.717, 1.165) is 10.8 Å².